The van der Waals surface area contributed by atoms with Gasteiger partial charge in [0.1, 0.15) is 29.0 Å². The molecule has 0 saturated carbocycles. The summed E-state index contributed by atoms with van der Waals surface area (Å²) in [4.78, 5) is 0. The second-order valence-corrected chi connectivity index (χ2v) is 17.1. The molecule has 0 spiro atoms. The second-order valence-electron chi connectivity index (χ2n) is 17.1. The highest BCUT2D eigenvalue weighted by Crippen LogP contribution is 2.46. The van der Waals surface area contributed by atoms with Crippen molar-refractivity contribution in [3.8, 4) is 0 Å². The van der Waals surface area contributed by atoms with E-state index in [1.54, 1.807) is 33.8 Å². The minimum atomic E-state index is -4.64. The Morgan fingerprint density at radius 1 is 0.541 bits per heavy atom. The Kier molecular flexibility index (Phi) is 14.2. The van der Waals surface area contributed by atoms with Crippen LogP contribution in [0.1, 0.15) is 92.1 Å². The topological polar surface area (TPSA) is 3.01 Å². The molecule has 330 valence electrons. The first-order chi connectivity index (χ1) is 28.5. The minimum absolute atomic E-state index is 0.262. The highest BCUT2D eigenvalue weighted by Gasteiger charge is 2.57. The Morgan fingerprint density at radius 3 is 1.26 bits per heavy atom. The maximum atomic E-state index is 16.2. The van der Waals surface area contributed by atoms with Crippen LogP contribution in [-0.2, 0) is 6.42 Å². The molecule has 0 radical (unpaired) electrons. The molecule has 2 saturated heterocycles. The van der Waals surface area contributed by atoms with Gasteiger partial charge >= 0.3 is 0 Å². The average Bonchev–Trinajstić information content (AvgIpc) is 3.55. The fourth-order valence-corrected chi connectivity index (χ4v) is 10.0. The summed E-state index contributed by atoms with van der Waals surface area (Å²) in [7, 11) is 0. The van der Waals surface area contributed by atoms with E-state index in [0.29, 0.717) is 12.0 Å². The Hall–Kier alpha value is -4.37. The van der Waals surface area contributed by atoms with Crippen molar-refractivity contribution in [2.75, 3.05) is 0 Å². The molecule has 0 amide bonds. The van der Waals surface area contributed by atoms with E-state index in [4.69, 9.17) is 0 Å². The van der Waals surface area contributed by atoms with Crippen LogP contribution < -0.4 is 16.4 Å². The van der Waals surface area contributed by atoms with Crippen LogP contribution in [0.5, 0.6) is 0 Å². The third-order valence-corrected chi connectivity index (χ3v) is 12.3. The zero-order chi connectivity index (χ0) is 45.6. The maximum Gasteiger partial charge on any atom is 0.200 e. The second kappa shape index (κ2) is 18.2. The van der Waals surface area contributed by atoms with E-state index < -0.39 is 146 Å². The van der Waals surface area contributed by atoms with Gasteiger partial charge in [-0.05, 0) is 57.4 Å². The molecule has 0 aromatic heterocycles. The lowest BCUT2D eigenvalue weighted by molar-refractivity contribution is -0.676. The summed E-state index contributed by atoms with van der Waals surface area (Å²) in [6.07, 6.45) is 4.26. The molecule has 0 aliphatic carbocycles. The first-order valence-corrected chi connectivity index (χ1v) is 19.9. The zero-order valence-corrected chi connectivity index (χ0v) is 34.1. The van der Waals surface area contributed by atoms with Crippen molar-refractivity contribution >= 4 is 35.5 Å². The van der Waals surface area contributed by atoms with Gasteiger partial charge in [-0.15, -0.1) is 10.9 Å². The quantitative estimate of drug-likeness (QED) is 0.0545. The van der Waals surface area contributed by atoms with Crippen molar-refractivity contribution in [3.63, 3.8) is 0 Å². The summed E-state index contributed by atoms with van der Waals surface area (Å²) in [6.45, 7) is 3.92. The first kappa shape index (κ1) is 47.7. The number of benzene rings is 4. The van der Waals surface area contributed by atoms with Gasteiger partial charge < -0.3 is 0 Å². The van der Waals surface area contributed by atoms with Gasteiger partial charge in [-0.1, -0.05) is 69.2 Å². The van der Waals surface area contributed by atoms with Crippen LogP contribution in [0, 0.1) is 87.3 Å². The van der Waals surface area contributed by atoms with E-state index in [0.717, 1.165) is 0 Å². The van der Waals surface area contributed by atoms with Crippen LogP contribution in [0.15, 0.2) is 30.3 Å². The van der Waals surface area contributed by atoms with Crippen LogP contribution in [0.2, 0.25) is 11.5 Å². The Balaban J connectivity index is 0.00000133. The van der Waals surface area contributed by atoms with Crippen molar-refractivity contribution in [3.05, 3.63) is 123 Å². The van der Waals surface area contributed by atoms with Gasteiger partial charge in [0.15, 0.2) is 81.8 Å². The summed E-state index contributed by atoms with van der Waals surface area (Å²) >= 11 is 0. The molecule has 2 atom stereocenters. The molecule has 2 aliphatic heterocycles. The van der Waals surface area contributed by atoms with Crippen molar-refractivity contribution < 1.29 is 70.4 Å². The molecule has 1 nitrogen and oxygen atoms in total. The molecule has 0 bridgehead atoms. The zero-order valence-electron chi connectivity index (χ0n) is 34.1. The number of nitrogens with zero attached hydrogens (tertiary/aromatic N) is 1. The Morgan fingerprint density at radius 2 is 0.902 bits per heavy atom. The lowest BCUT2D eigenvalue weighted by atomic mass is 9.15. The van der Waals surface area contributed by atoms with Gasteiger partial charge in [-0.25, -0.2) is 70.4 Å². The molecule has 0 unspecified atom stereocenters. The van der Waals surface area contributed by atoms with Crippen LogP contribution in [0.4, 0.5) is 65.9 Å². The monoisotopic (exact) mass is 879 g/mol. The minimum Gasteiger partial charge on any atom is -0.231 e. The van der Waals surface area contributed by atoms with E-state index in [2.05, 4.69) is 13.8 Å². The van der Waals surface area contributed by atoms with Crippen LogP contribution in [0.25, 0.3) is 0 Å². The van der Waals surface area contributed by atoms with Gasteiger partial charge in [0, 0.05) is 19.3 Å². The molecular formula is C43H42B2F15N. The van der Waals surface area contributed by atoms with Crippen molar-refractivity contribution in [2.24, 2.45) is 0 Å². The molecule has 61 heavy (non-hydrogen) atoms. The standard InChI is InChI=1S/C38H30B2F15N.C5H12/c1-37(2)11-8-12-38(3,4)56(37)17-14-16(13-15-9-6-5-7-10-15)39(18-21(41)27(47)33(53)28(48)22(18)42)36(17)40(19-23(43)29(49)34(54)30(50)24(19)44)20-25(45)31(51)35(55)32(52)26(20)46;1-3-5-4-2/h5-7,9-10,16,36,40H,8,11-14H2,1-4H3;3-5H2,1-2H3/t16-,36-;/m0./s1. The summed E-state index contributed by atoms with van der Waals surface area (Å²) < 4.78 is 233. The molecular weight excluding hydrogens is 837 g/mol. The van der Waals surface area contributed by atoms with E-state index in [1.807, 2.05) is 0 Å². The largest absolute Gasteiger partial charge is 0.231 e. The molecule has 0 N–H and O–H groups in total. The summed E-state index contributed by atoms with van der Waals surface area (Å²) in [6, 6.07) is 7.54. The Labute approximate surface area is 344 Å². The lowest BCUT2D eigenvalue weighted by Gasteiger charge is -2.43. The molecule has 6 rings (SSSR count). The molecule has 2 aliphatic rings. The van der Waals surface area contributed by atoms with Gasteiger partial charge in [-0.2, -0.15) is 0 Å². The predicted molar refractivity (Wildman–Crippen MR) is 205 cm³/mol. The summed E-state index contributed by atoms with van der Waals surface area (Å²) in [5.74, 6) is -41.6. The van der Waals surface area contributed by atoms with Crippen LogP contribution >= 0.6 is 0 Å². The number of halogens is 15. The Bertz CT molecular complexity index is 2170. The number of piperidine rings is 1. The molecule has 2 fully saturated rings. The number of hydrogen-bond acceptors (Lipinski definition) is 0. The van der Waals surface area contributed by atoms with Crippen LogP contribution in [0.3, 0.4) is 0 Å². The van der Waals surface area contributed by atoms with Gasteiger partial charge in [0.05, 0.1) is 6.71 Å². The normalized spacial score (nSPS) is 18.6. The number of hydrogen-bond donors (Lipinski definition) is 0. The van der Waals surface area contributed by atoms with E-state index in [1.165, 1.54) is 48.1 Å². The fourth-order valence-electron chi connectivity index (χ4n) is 10.0. The molecule has 4 aromatic carbocycles. The van der Waals surface area contributed by atoms with Crippen molar-refractivity contribution in [1.29, 1.82) is 0 Å². The van der Waals surface area contributed by atoms with E-state index >= 15 is 52.7 Å². The number of unbranched alkanes of at least 4 members (excludes halogenated alkanes) is 2. The fraction of sp³-hybridized carbons (Fsp3) is 0.419. The number of rotatable bonds is 8. The van der Waals surface area contributed by atoms with Gasteiger partial charge in [0.2, 0.25) is 0 Å². The summed E-state index contributed by atoms with van der Waals surface area (Å²) in [5.41, 5.74) is -10.5. The molecule has 2 heterocycles. The van der Waals surface area contributed by atoms with Crippen LogP contribution in [-0.4, -0.2) is 34.8 Å². The highest BCUT2D eigenvalue weighted by molar-refractivity contribution is 7.03. The third kappa shape index (κ3) is 8.45. The molecule has 18 heteroatoms. The highest BCUT2D eigenvalue weighted by atomic mass is 19.2. The lowest BCUT2D eigenvalue weighted by Crippen LogP contribution is -2.62. The maximum absolute atomic E-state index is 16.2. The third-order valence-electron chi connectivity index (χ3n) is 12.3. The SMILES string of the molecule is CC1(C)CCCC(C)(C)[N+]1=C1C[C@H](Cc2ccccc2)B(c2c(F)c(F)c(F)c(F)c2F)[C@H]1[BH-](c1c(F)c(F)c(F)c(F)c1F)c1c(F)c(F)c(F)c(F)c1F.CCCCC. The van der Waals surface area contributed by atoms with Gasteiger partial charge in [0.25, 0.3) is 0 Å². The first-order valence-electron chi connectivity index (χ1n) is 19.9. The van der Waals surface area contributed by atoms with E-state index in [9.17, 15) is 13.2 Å². The smallest absolute Gasteiger partial charge is 0.200 e. The predicted octanol–water partition coefficient (Wildman–Crippen LogP) is 10.8. The average molecular weight is 879 g/mol. The van der Waals surface area contributed by atoms with E-state index in [-0.39, 0.29) is 25.0 Å². The van der Waals surface area contributed by atoms with Crippen molar-refractivity contribution in [1.82, 2.24) is 0 Å². The molecule has 4 aromatic rings. The summed E-state index contributed by atoms with van der Waals surface area (Å²) in [5, 5.41) is 0. The van der Waals surface area contributed by atoms with Crippen molar-refractivity contribution in [2.45, 2.75) is 116 Å². The van der Waals surface area contributed by atoms with Gasteiger partial charge in [-0.3, -0.25) is 0 Å².